The molecule has 0 spiro atoms. The second kappa shape index (κ2) is 1.99. The average Bonchev–Trinajstić information content (AvgIpc) is 1.67. The molecule has 0 heterocycles. The van der Waals surface area contributed by atoms with Crippen molar-refractivity contribution in [2.75, 3.05) is 6.67 Å². The second-order valence-corrected chi connectivity index (χ2v) is 1.11. The van der Waals surface area contributed by atoms with Gasteiger partial charge >= 0.3 is 5.98 Å². The first-order valence-electron chi connectivity index (χ1n) is 1.62. The van der Waals surface area contributed by atoms with E-state index in [9.17, 15) is 18.9 Å². The van der Waals surface area contributed by atoms with Crippen molar-refractivity contribution in [1.82, 2.24) is 0 Å². The molecular formula is C2H3F2NO3. The van der Waals surface area contributed by atoms with Crippen LogP contribution in [0.5, 0.6) is 0 Å². The van der Waals surface area contributed by atoms with Crippen molar-refractivity contribution in [2.45, 2.75) is 5.98 Å². The molecule has 0 bridgehead atoms. The maximum atomic E-state index is 11.4. The van der Waals surface area contributed by atoms with Gasteiger partial charge in [0.25, 0.3) is 0 Å². The summed E-state index contributed by atoms with van der Waals surface area (Å²) < 4.78 is 22.4. The summed E-state index contributed by atoms with van der Waals surface area (Å²) in [4.78, 5) is 7.45. The Hall–Kier alpha value is -0.780. The Labute approximate surface area is 42.9 Å². The predicted molar refractivity (Wildman–Crippen MR) is 19.0 cm³/mol. The van der Waals surface area contributed by atoms with E-state index >= 15 is 0 Å². The van der Waals surface area contributed by atoms with Crippen LogP contribution >= 0.6 is 0 Å². The highest BCUT2D eigenvalue weighted by Crippen LogP contribution is 2.05. The van der Waals surface area contributed by atoms with Gasteiger partial charge in [-0.05, 0) is 0 Å². The van der Waals surface area contributed by atoms with Crippen molar-refractivity contribution in [3.8, 4) is 0 Å². The molecule has 6 heteroatoms. The van der Waals surface area contributed by atoms with Crippen molar-refractivity contribution >= 4 is 0 Å². The lowest BCUT2D eigenvalue weighted by Crippen LogP contribution is -2.34. The van der Waals surface area contributed by atoms with Crippen molar-refractivity contribution in [1.29, 1.82) is 0 Å². The normalized spacial score (nSPS) is 17.4. The molecule has 0 saturated heterocycles. The minimum Gasteiger partial charge on any atom is -0.301 e. The maximum absolute atomic E-state index is 11.4. The molecule has 1 unspecified atom stereocenters. The number of rotatable bonds is 2. The standard InChI is InChI=1S/C2H3F2NO3/c3-1-2(4,6)5(7)8/h6H,1H2. The molecule has 0 aliphatic rings. The fourth-order valence-electron chi connectivity index (χ4n) is 0.0488. The van der Waals surface area contributed by atoms with Crippen LogP contribution in [0, 0.1) is 10.1 Å². The zero-order valence-corrected chi connectivity index (χ0v) is 3.67. The van der Waals surface area contributed by atoms with Gasteiger partial charge in [-0.3, -0.25) is 10.1 Å². The smallest absolute Gasteiger partial charge is 0.301 e. The number of hydrogen-bond donors (Lipinski definition) is 1. The van der Waals surface area contributed by atoms with Crippen LogP contribution in [0.4, 0.5) is 8.78 Å². The zero-order valence-electron chi connectivity index (χ0n) is 3.67. The highest BCUT2D eigenvalue weighted by atomic mass is 19.2. The number of alkyl halides is 2. The SMILES string of the molecule is O=[N+]([O-])C(O)(F)CF. The molecular weight excluding hydrogens is 124 g/mol. The molecule has 0 amide bonds. The van der Waals surface area contributed by atoms with Crippen LogP contribution in [-0.4, -0.2) is 22.7 Å². The molecule has 0 aliphatic heterocycles. The number of halogens is 2. The van der Waals surface area contributed by atoms with E-state index in [1.807, 2.05) is 0 Å². The molecule has 0 aromatic rings. The molecule has 8 heavy (non-hydrogen) atoms. The minimum atomic E-state index is -3.90. The summed E-state index contributed by atoms with van der Waals surface area (Å²) in [6.07, 6.45) is 0. The van der Waals surface area contributed by atoms with Gasteiger partial charge in [0.2, 0.25) is 6.67 Å². The highest BCUT2D eigenvalue weighted by molar-refractivity contribution is 4.42. The first-order chi connectivity index (χ1) is 3.50. The number of aliphatic hydroxyl groups is 1. The fourth-order valence-corrected chi connectivity index (χ4v) is 0.0488. The van der Waals surface area contributed by atoms with Gasteiger partial charge in [-0.15, -0.1) is 4.39 Å². The molecule has 0 aromatic carbocycles. The van der Waals surface area contributed by atoms with E-state index in [-0.39, 0.29) is 0 Å². The molecule has 0 radical (unpaired) electrons. The summed E-state index contributed by atoms with van der Waals surface area (Å²) in [5.74, 6) is -3.90. The first kappa shape index (κ1) is 7.22. The third-order valence-electron chi connectivity index (χ3n) is 0.450. The Bertz CT molecular complexity index is 103. The third-order valence-corrected chi connectivity index (χ3v) is 0.450. The summed E-state index contributed by atoms with van der Waals surface area (Å²) in [6, 6.07) is 0. The van der Waals surface area contributed by atoms with E-state index in [1.165, 1.54) is 0 Å². The van der Waals surface area contributed by atoms with Gasteiger partial charge in [-0.2, -0.15) is 0 Å². The molecule has 1 atom stereocenters. The molecule has 48 valence electrons. The van der Waals surface area contributed by atoms with E-state index in [4.69, 9.17) is 5.11 Å². The van der Waals surface area contributed by atoms with Crippen molar-refractivity contribution < 1.29 is 18.8 Å². The van der Waals surface area contributed by atoms with Gasteiger partial charge in [0.1, 0.15) is 0 Å². The predicted octanol–water partition coefficient (Wildman–Crippen LogP) is -0.152. The Morgan fingerprint density at radius 2 is 2.25 bits per heavy atom. The lowest BCUT2D eigenvalue weighted by molar-refractivity contribution is -0.663. The molecule has 0 saturated carbocycles. The Balaban J connectivity index is 3.91. The van der Waals surface area contributed by atoms with Crippen LogP contribution in [0.15, 0.2) is 0 Å². The second-order valence-electron chi connectivity index (χ2n) is 1.11. The van der Waals surface area contributed by atoms with Gasteiger partial charge in [-0.1, -0.05) is 0 Å². The summed E-state index contributed by atoms with van der Waals surface area (Å²) in [5, 5.41) is 16.9. The molecule has 4 nitrogen and oxygen atoms in total. The van der Waals surface area contributed by atoms with E-state index in [2.05, 4.69) is 0 Å². The highest BCUT2D eigenvalue weighted by Gasteiger charge is 2.40. The number of nitro groups is 1. The number of nitrogens with zero attached hydrogens (tertiary/aromatic N) is 1. The minimum absolute atomic E-state index is 1.74. The molecule has 0 aliphatic carbocycles. The van der Waals surface area contributed by atoms with E-state index < -0.39 is 17.6 Å². The van der Waals surface area contributed by atoms with Crippen LogP contribution in [0.2, 0.25) is 0 Å². The fraction of sp³-hybridized carbons (Fsp3) is 1.00. The maximum Gasteiger partial charge on any atom is 0.502 e. The van der Waals surface area contributed by atoms with E-state index in [1.54, 1.807) is 0 Å². The van der Waals surface area contributed by atoms with Crippen LogP contribution in [0.25, 0.3) is 0 Å². The Morgan fingerprint density at radius 1 is 1.88 bits per heavy atom. The lowest BCUT2D eigenvalue weighted by atomic mass is 10.6. The largest absolute Gasteiger partial charge is 0.502 e. The number of hydrogen-bond acceptors (Lipinski definition) is 3. The molecule has 0 fully saturated rings. The summed E-state index contributed by atoms with van der Waals surface area (Å²) in [6.45, 7) is -2.03. The Kier molecular flexibility index (Phi) is 1.80. The average molecular weight is 127 g/mol. The van der Waals surface area contributed by atoms with E-state index in [0.29, 0.717) is 0 Å². The summed E-state index contributed by atoms with van der Waals surface area (Å²) in [5.41, 5.74) is 0. The van der Waals surface area contributed by atoms with Crippen LogP contribution < -0.4 is 0 Å². The molecule has 1 N–H and O–H groups in total. The van der Waals surface area contributed by atoms with Crippen molar-refractivity contribution in [3.05, 3.63) is 10.1 Å². The summed E-state index contributed by atoms with van der Waals surface area (Å²) >= 11 is 0. The van der Waals surface area contributed by atoms with Gasteiger partial charge < -0.3 is 5.11 Å². The lowest BCUT2D eigenvalue weighted by Gasteiger charge is -2.01. The van der Waals surface area contributed by atoms with Crippen molar-refractivity contribution in [2.24, 2.45) is 0 Å². The Morgan fingerprint density at radius 3 is 2.25 bits per heavy atom. The first-order valence-corrected chi connectivity index (χ1v) is 1.62. The monoisotopic (exact) mass is 127 g/mol. The van der Waals surface area contributed by atoms with Crippen LogP contribution in [0.3, 0.4) is 0 Å². The van der Waals surface area contributed by atoms with Crippen LogP contribution in [-0.2, 0) is 0 Å². The van der Waals surface area contributed by atoms with Gasteiger partial charge in [0.05, 0.1) is 4.92 Å². The summed E-state index contributed by atoms with van der Waals surface area (Å²) in [7, 11) is 0. The van der Waals surface area contributed by atoms with E-state index in [0.717, 1.165) is 0 Å². The quantitative estimate of drug-likeness (QED) is 0.243. The van der Waals surface area contributed by atoms with Crippen molar-refractivity contribution in [3.63, 3.8) is 0 Å². The molecule has 0 aromatic heterocycles. The molecule has 0 rings (SSSR count). The third kappa shape index (κ3) is 1.38. The zero-order chi connectivity index (χ0) is 6.78. The van der Waals surface area contributed by atoms with Crippen LogP contribution in [0.1, 0.15) is 0 Å². The topological polar surface area (TPSA) is 63.4 Å². The van der Waals surface area contributed by atoms with Gasteiger partial charge in [-0.25, -0.2) is 4.39 Å². The van der Waals surface area contributed by atoms with Gasteiger partial charge in [0, 0.05) is 0 Å². The van der Waals surface area contributed by atoms with Gasteiger partial charge in [0.15, 0.2) is 0 Å².